The van der Waals surface area contributed by atoms with Crippen molar-refractivity contribution in [2.24, 2.45) is 0 Å². The Morgan fingerprint density at radius 2 is 2.17 bits per heavy atom. The summed E-state index contributed by atoms with van der Waals surface area (Å²) in [5.74, 6) is 0.871. The van der Waals surface area contributed by atoms with E-state index in [0.717, 1.165) is 18.8 Å². The minimum atomic E-state index is -0.101. The maximum atomic E-state index is 12.8. The molecule has 2 aromatic heterocycles. The van der Waals surface area contributed by atoms with Crippen molar-refractivity contribution in [3.8, 4) is 0 Å². The predicted molar refractivity (Wildman–Crippen MR) is 82.1 cm³/mol. The van der Waals surface area contributed by atoms with Crippen LogP contribution in [0.15, 0.2) is 23.0 Å². The van der Waals surface area contributed by atoms with Crippen molar-refractivity contribution in [2.45, 2.75) is 13.5 Å². The molecule has 0 aliphatic carbocycles. The molecule has 0 radical (unpaired) electrons. The van der Waals surface area contributed by atoms with Crippen molar-refractivity contribution in [2.75, 3.05) is 38.3 Å². The van der Waals surface area contributed by atoms with Crippen LogP contribution in [0.2, 0.25) is 0 Å². The molecule has 3 heterocycles. The van der Waals surface area contributed by atoms with Crippen LogP contribution in [0.4, 0.5) is 5.69 Å². The summed E-state index contributed by atoms with van der Waals surface area (Å²) in [7, 11) is 1.72. The highest BCUT2D eigenvalue weighted by atomic mass is 16.5. The number of hydrogen-bond acceptors (Lipinski definition) is 7. The quantitative estimate of drug-likeness (QED) is 0.827. The number of aryl methyl sites for hydroxylation is 1. The third kappa shape index (κ3) is 3.48. The van der Waals surface area contributed by atoms with Crippen LogP contribution in [0.1, 0.15) is 22.1 Å². The average molecular weight is 317 g/mol. The van der Waals surface area contributed by atoms with Crippen LogP contribution < -0.4 is 4.90 Å². The first kappa shape index (κ1) is 15.4. The van der Waals surface area contributed by atoms with Gasteiger partial charge in [0.2, 0.25) is 5.89 Å². The fraction of sp³-hybridized carbons (Fsp3) is 0.467. The first-order valence-electron chi connectivity index (χ1n) is 7.46. The van der Waals surface area contributed by atoms with E-state index in [0.29, 0.717) is 37.0 Å². The normalized spacial score (nSPS) is 14.8. The van der Waals surface area contributed by atoms with Gasteiger partial charge in [0.25, 0.3) is 5.91 Å². The molecule has 0 spiro atoms. The Labute approximate surface area is 134 Å². The maximum absolute atomic E-state index is 12.8. The fourth-order valence-electron chi connectivity index (χ4n) is 2.52. The van der Waals surface area contributed by atoms with E-state index < -0.39 is 0 Å². The van der Waals surface area contributed by atoms with Gasteiger partial charge in [0, 0.05) is 33.3 Å². The SMILES string of the molecule is Cc1nc(CN(C)C(=O)c2ccncc2N2CCOCC2)no1. The molecule has 0 bridgehead atoms. The second kappa shape index (κ2) is 6.74. The summed E-state index contributed by atoms with van der Waals surface area (Å²) in [6.07, 6.45) is 3.36. The number of anilines is 1. The van der Waals surface area contributed by atoms with Gasteiger partial charge >= 0.3 is 0 Å². The standard InChI is InChI=1S/C15H19N5O3/c1-11-17-14(18-23-11)10-19(2)15(21)12-3-4-16-9-13(12)20-5-7-22-8-6-20/h3-4,9H,5-8,10H2,1-2H3. The monoisotopic (exact) mass is 317 g/mol. The second-order valence-electron chi connectivity index (χ2n) is 5.38. The van der Waals surface area contributed by atoms with E-state index in [1.807, 2.05) is 0 Å². The maximum Gasteiger partial charge on any atom is 0.256 e. The van der Waals surface area contributed by atoms with Crippen molar-refractivity contribution in [1.82, 2.24) is 20.0 Å². The van der Waals surface area contributed by atoms with Gasteiger partial charge in [0.05, 0.1) is 37.2 Å². The summed E-state index contributed by atoms with van der Waals surface area (Å²) in [5, 5.41) is 3.82. The van der Waals surface area contributed by atoms with Gasteiger partial charge in [0.1, 0.15) is 0 Å². The summed E-state index contributed by atoms with van der Waals surface area (Å²) in [6, 6.07) is 1.74. The Kier molecular flexibility index (Phi) is 4.52. The van der Waals surface area contributed by atoms with Crippen molar-refractivity contribution in [1.29, 1.82) is 0 Å². The van der Waals surface area contributed by atoms with E-state index in [-0.39, 0.29) is 5.91 Å². The van der Waals surface area contributed by atoms with Crippen LogP contribution in [0.3, 0.4) is 0 Å². The molecule has 0 unspecified atom stereocenters. The molecule has 0 N–H and O–H groups in total. The van der Waals surface area contributed by atoms with Gasteiger partial charge in [-0.3, -0.25) is 9.78 Å². The predicted octanol–water partition coefficient (Wildman–Crippen LogP) is 0.882. The van der Waals surface area contributed by atoms with Gasteiger partial charge in [-0.1, -0.05) is 5.16 Å². The van der Waals surface area contributed by atoms with E-state index in [1.165, 1.54) is 0 Å². The van der Waals surface area contributed by atoms with Gasteiger partial charge in [-0.25, -0.2) is 0 Å². The van der Waals surface area contributed by atoms with E-state index in [4.69, 9.17) is 9.26 Å². The number of pyridine rings is 1. The molecular formula is C15H19N5O3. The Morgan fingerprint density at radius 1 is 1.39 bits per heavy atom. The lowest BCUT2D eigenvalue weighted by Crippen LogP contribution is -2.38. The first-order valence-corrected chi connectivity index (χ1v) is 7.46. The molecule has 1 amide bonds. The summed E-state index contributed by atoms with van der Waals surface area (Å²) < 4.78 is 10.3. The minimum Gasteiger partial charge on any atom is -0.378 e. The lowest BCUT2D eigenvalue weighted by atomic mass is 10.1. The lowest BCUT2D eigenvalue weighted by Gasteiger charge is -2.30. The van der Waals surface area contributed by atoms with Gasteiger partial charge in [-0.05, 0) is 6.07 Å². The van der Waals surface area contributed by atoms with Gasteiger partial charge in [-0.15, -0.1) is 0 Å². The second-order valence-corrected chi connectivity index (χ2v) is 5.38. The summed E-state index contributed by atoms with van der Waals surface area (Å²) in [5.41, 5.74) is 1.45. The molecule has 23 heavy (non-hydrogen) atoms. The minimum absolute atomic E-state index is 0.101. The van der Waals surface area contributed by atoms with Crippen molar-refractivity contribution in [3.63, 3.8) is 0 Å². The molecule has 3 rings (SSSR count). The molecule has 8 nitrogen and oxygen atoms in total. The van der Waals surface area contributed by atoms with E-state index >= 15 is 0 Å². The third-order valence-corrected chi connectivity index (χ3v) is 3.68. The lowest BCUT2D eigenvalue weighted by molar-refractivity contribution is 0.0779. The Morgan fingerprint density at radius 3 is 2.87 bits per heavy atom. The highest BCUT2D eigenvalue weighted by Crippen LogP contribution is 2.22. The molecule has 1 fully saturated rings. The molecule has 122 valence electrons. The molecule has 0 atom stereocenters. The van der Waals surface area contributed by atoms with Crippen molar-refractivity contribution < 1.29 is 14.1 Å². The van der Waals surface area contributed by atoms with Crippen LogP contribution in [0.25, 0.3) is 0 Å². The molecule has 1 aliphatic rings. The number of amides is 1. The number of carbonyl (C=O) groups is 1. The number of hydrogen-bond donors (Lipinski definition) is 0. The number of ether oxygens (including phenoxy) is 1. The number of rotatable bonds is 4. The first-order chi connectivity index (χ1) is 11.1. The third-order valence-electron chi connectivity index (χ3n) is 3.68. The number of morpholine rings is 1. The number of nitrogens with zero attached hydrogens (tertiary/aromatic N) is 5. The molecule has 1 aliphatic heterocycles. The largest absolute Gasteiger partial charge is 0.378 e. The number of carbonyl (C=O) groups excluding carboxylic acids is 1. The molecule has 2 aromatic rings. The van der Waals surface area contributed by atoms with Crippen molar-refractivity contribution in [3.05, 3.63) is 35.7 Å². The van der Waals surface area contributed by atoms with Gasteiger partial charge in [-0.2, -0.15) is 4.98 Å². The zero-order valence-corrected chi connectivity index (χ0v) is 13.2. The number of aromatic nitrogens is 3. The average Bonchev–Trinajstić information content (AvgIpc) is 3.00. The molecule has 8 heteroatoms. The Hall–Kier alpha value is -2.48. The highest BCUT2D eigenvalue weighted by molar-refractivity contribution is 5.99. The summed E-state index contributed by atoms with van der Waals surface area (Å²) in [4.78, 5) is 24.8. The van der Waals surface area contributed by atoms with Gasteiger partial charge < -0.3 is 19.1 Å². The molecule has 0 aromatic carbocycles. The van der Waals surface area contributed by atoms with Crippen LogP contribution in [-0.4, -0.2) is 59.3 Å². The smallest absolute Gasteiger partial charge is 0.256 e. The van der Waals surface area contributed by atoms with E-state index in [1.54, 1.807) is 37.3 Å². The van der Waals surface area contributed by atoms with Crippen LogP contribution >= 0.6 is 0 Å². The van der Waals surface area contributed by atoms with Gasteiger partial charge in [0.15, 0.2) is 5.82 Å². The zero-order valence-electron chi connectivity index (χ0n) is 13.2. The zero-order chi connectivity index (χ0) is 16.2. The van der Waals surface area contributed by atoms with Crippen LogP contribution in [0.5, 0.6) is 0 Å². The highest BCUT2D eigenvalue weighted by Gasteiger charge is 2.22. The molecule has 1 saturated heterocycles. The van der Waals surface area contributed by atoms with E-state index in [9.17, 15) is 4.79 Å². The van der Waals surface area contributed by atoms with Crippen LogP contribution in [0, 0.1) is 6.92 Å². The Balaban J connectivity index is 1.78. The van der Waals surface area contributed by atoms with Crippen LogP contribution in [-0.2, 0) is 11.3 Å². The molecule has 0 saturated carbocycles. The summed E-state index contributed by atoms with van der Waals surface area (Å²) >= 11 is 0. The van der Waals surface area contributed by atoms with E-state index in [2.05, 4.69) is 20.0 Å². The molecular weight excluding hydrogens is 298 g/mol. The fourth-order valence-corrected chi connectivity index (χ4v) is 2.52. The summed E-state index contributed by atoms with van der Waals surface area (Å²) in [6.45, 7) is 4.82. The Bertz CT molecular complexity index is 681. The topological polar surface area (TPSA) is 84.6 Å². The van der Waals surface area contributed by atoms with Crippen molar-refractivity contribution >= 4 is 11.6 Å².